The molecule has 0 spiro atoms. The van der Waals surface area contributed by atoms with Crippen molar-refractivity contribution in [1.82, 2.24) is 10.3 Å². The highest BCUT2D eigenvalue weighted by Crippen LogP contribution is 2.19. The average molecular weight is 287 g/mol. The number of hydrogen-bond donors (Lipinski definition) is 1. The van der Waals surface area contributed by atoms with Gasteiger partial charge in [-0.15, -0.1) is 0 Å². The summed E-state index contributed by atoms with van der Waals surface area (Å²) in [6.45, 7) is 8.24. The zero-order valence-electron chi connectivity index (χ0n) is 10.0. The molecule has 0 saturated heterocycles. The smallest absolute Gasteiger partial charge is 0.139 e. The minimum Gasteiger partial charge on any atom is -0.487 e. The number of rotatable bonds is 6. The van der Waals surface area contributed by atoms with E-state index >= 15 is 0 Å². The number of halogens is 1. The Bertz CT molecular complexity index is 318. The molecule has 0 aromatic carbocycles. The van der Waals surface area contributed by atoms with Gasteiger partial charge in [-0.1, -0.05) is 20.8 Å². The number of nitrogens with zero attached hydrogens (tertiary/aromatic N) is 1. The van der Waals surface area contributed by atoms with Crippen molar-refractivity contribution in [2.75, 3.05) is 13.1 Å². The van der Waals surface area contributed by atoms with E-state index in [1.807, 2.05) is 6.07 Å². The molecule has 0 fully saturated rings. The Morgan fingerprint density at radius 1 is 1.44 bits per heavy atom. The molecular weight excluding hydrogens is 268 g/mol. The van der Waals surface area contributed by atoms with E-state index in [1.54, 1.807) is 12.4 Å². The van der Waals surface area contributed by atoms with E-state index in [-0.39, 0.29) is 6.10 Å². The maximum absolute atomic E-state index is 5.90. The Morgan fingerprint density at radius 2 is 2.19 bits per heavy atom. The molecule has 1 unspecified atom stereocenters. The number of pyridine rings is 1. The highest BCUT2D eigenvalue weighted by molar-refractivity contribution is 9.10. The van der Waals surface area contributed by atoms with E-state index in [4.69, 9.17) is 4.74 Å². The standard InChI is InChI=1S/C12H19BrN2O/c1-4-14-8-12(9(2)3)16-11-5-10(13)6-15-7-11/h5-7,9,12,14H,4,8H2,1-3H3. The third-order valence-corrected chi connectivity index (χ3v) is 2.74. The van der Waals surface area contributed by atoms with Crippen molar-refractivity contribution in [2.24, 2.45) is 5.92 Å². The number of nitrogens with one attached hydrogen (secondary N) is 1. The van der Waals surface area contributed by atoms with Crippen LogP contribution in [0.4, 0.5) is 0 Å². The molecule has 1 rings (SSSR count). The second-order valence-corrected chi connectivity index (χ2v) is 4.96. The monoisotopic (exact) mass is 286 g/mol. The molecule has 0 radical (unpaired) electrons. The first-order valence-corrected chi connectivity index (χ1v) is 6.40. The van der Waals surface area contributed by atoms with Gasteiger partial charge in [0.15, 0.2) is 0 Å². The van der Waals surface area contributed by atoms with Crippen LogP contribution in [0.5, 0.6) is 5.75 Å². The van der Waals surface area contributed by atoms with Crippen LogP contribution in [0.25, 0.3) is 0 Å². The number of hydrogen-bond acceptors (Lipinski definition) is 3. The van der Waals surface area contributed by atoms with E-state index < -0.39 is 0 Å². The zero-order chi connectivity index (χ0) is 12.0. The van der Waals surface area contributed by atoms with Crippen molar-refractivity contribution in [3.05, 3.63) is 22.9 Å². The molecule has 1 aromatic rings. The van der Waals surface area contributed by atoms with Gasteiger partial charge >= 0.3 is 0 Å². The van der Waals surface area contributed by atoms with E-state index in [2.05, 4.69) is 47.0 Å². The van der Waals surface area contributed by atoms with Gasteiger partial charge in [-0.3, -0.25) is 4.98 Å². The predicted octanol–water partition coefficient (Wildman–Crippen LogP) is 2.86. The Kier molecular flexibility index (Phi) is 5.77. The van der Waals surface area contributed by atoms with Crippen LogP contribution in [0.1, 0.15) is 20.8 Å². The molecule has 90 valence electrons. The summed E-state index contributed by atoms with van der Waals surface area (Å²) in [6.07, 6.45) is 3.67. The Hall–Kier alpha value is -0.610. The van der Waals surface area contributed by atoms with Crippen molar-refractivity contribution in [2.45, 2.75) is 26.9 Å². The second-order valence-electron chi connectivity index (χ2n) is 4.05. The third kappa shape index (κ3) is 4.49. The molecule has 1 aromatic heterocycles. The fraction of sp³-hybridized carbons (Fsp3) is 0.583. The summed E-state index contributed by atoms with van der Waals surface area (Å²) in [4.78, 5) is 4.08. The Labute approximate surface area is 106 Å². The van der Waals surface area contributed by atoms with Crippen molar-refractivity contribution < 1.29 is 4.74 Å². The van der Waals surface area contributed by atoms with Crippen LogP contribution in [-0.4, -0.2) is 24.2 Å². The first-order valence-electron chi connectivity index (χ1n) is 5.61. The average Bonchev–Trinajstić information content (AvgIpc) is 2.24. The molecule has 0 aliphatic rings. The molecule has 16 heavy (non-hydrogen) atoms. The molecule has 3 nitrogen and oxygen atoms in total. The maximum Gasteiger partial charge on any atom is 0.139 e. The molecular formula is C12H19BrN2O. The van der Waals surface area contributed by atoms with E-state index in [1.165, 1.54) is 0 Å². The molecule has 0 saturated carbocycles. The van der Waals surface area contributed by atoms with Gasteiger partial charge in [0.25, 0.3) is 0 Å². The third-order valence-electron chi connectivity index (χ3n) is 2.31. The summed E-state index contributed by atoms with van der Waals surface area (Å²) in [6, 6.07) is 1.94. The van der Waals surface area contributed by atoms with Crippen LogP contribution in [0, 0.1) is 5.92 Å². The maximum atomic E-state index is 5.90. The van der Waals surface area contributed by atoms with Gasteiger partial charge in [-0.2, -0.15) is 0 Å². The molecule has 4 heteroatoms. The lowest BCUT2D eigenvalue weighted by molar-refractivity contribution is 0.149. The minimum atomic E-state index is 0.177. The van der Waals surface area contributed by atoms with Crippen molar-refractivity contribution in [3.8, 4) is 5.75 Å². The topological polar surface area (TPSA) is 34.1 Å². The van der Waals surface area contributed by atoms with Gasteiger partial charge in [-0.05, 0) is 34.5 Å². The predicted molar refractivity (Wildman–Crippen MR) is 69.7 cm³/mol. The van der Waals surface area contributed by atoms with Crippen LogP contribution in [0.15, 0.2) is 22.9 Å². The summed E-state index contributed by atoms with van der Waals surface area (Å²) in [7, 11) is 0. The van der Waals surface area contributed by atoms with E-state index in [9.17, 15) is 0 Å². The molecule has 0 bridgehead atoms. The summed E-state index contributed by atoms with van der Waals surface area (Å²) in [5.41, 5.74) is 0. The van der Waals surface area contributed by atoms with Gasteiger partial charge in [-0.25, -0.2) is 0 Å². The molecule has 0 aliphatic heterocycles. The van der Waals surface area contributed by atoms with E-state index in [0.29, 0.717) is 5.92 Å². The molecule has 0 amide bonds. The van der Waals surface area contributed by atoms with Crippen LogP contribution in [-0.2, 0) is 0 Å². The fourth-order valence-electron chi connectivity index (χ4n) is 1.33. The summed E-state index contributed by atoms with van der Waals surface area (Å²) >= 11 is 3.38. The van der Waals surface area contributed by atoms with Crippen LogP contribution < -0.4 is 10.1 Å². The van der Waals surface area contributed by atoms with Crippen molar-refractivity contribution in [1.29, 1.82) is 0 Å². The van der Waals surface area contributed by atoms with Crippen LogP contribution in [0.3, 0.4) is 0 Å². The summed E-state index contributed by atoms with van der Waals surface area (Å²) in [5, 5.41) is 3.31. The van der Waals surface area contributed by atoms with E-state index in [0.717, 1.165) is 23.3 Å². The lowest BCUT2D eigenvalue weighted by Crippen LogP contribution is -2.35. The lowest BCUT2D eigenvalue weighted by atomic mass is 10.1. The van der Waals surface area contributed by atoms with Crippen LogP contribution >= 0.6 is 15.9 Å². The van der Waals surface area contributed by atoms with Gasteiger partial charge < -0.3 is 10.1 Å². The SMILES string of the molecule is CCNCC(Oc1cncc(Br)c1)C(C)C. The van der Waals surface area contributed by atoms with Crippen LogP contribution in [0.2, 0.25) is 0 Å². The first kappa shape index (κ1) is 13.5. The lowest BCUT2D eigenvalue weighted by Gasteiger charge is -2.22. The normalized spacial score (nSPS) is 12.8. The van der Waals surface area contributed by atoms with Crippen molar-refractivity contribution in [3.63, 3.8) is 0 Å². The zero-order valence-corrected chi connectivity index (χ0v) is 11.6. The molecule has 1 atom stereocenters. The second kappa shape index (κ2) is 6.86. The van der Waals surface area contributed by atoms with Gasteiger partial charge in [0.2, 0.25) is 0 Å². The number of ether oxygens (including phenoxy) is 1. The molecule has 1 heterocycles. The highest BCUT2D eigenvalue weighted by Gasteiger charge is 2.14. The van der Waals surface area contributed by atoms with Gasteiger partial charge in [0.05, 0.1) is 6.20 Å². The van der Waals surface area contributed by atoms with Crippen molar-refractivity contribution >= 4 is 15.9 Å². The Morgan fingerprint density at radius 3 is 2.75 bits per heavy atom. The molecule has 1 N–H and O–H groups in total. The largest absolute Gasteiger partial charge is 0.487 e. The Balaban J connectivity index is 2.60. The van der Waals surface area contributed by atoms with Gasteiger partial charge in [0.1, 0.15) is 11.9 Å². The fourth-order valence-corrected chi connectivity index (χ4v) is 1.68. The number of aromatic nitrogens is 1. The highest BCUT2D eigenvalue weighted by atomic mass is 79.9. The summed E-state index contributed by atoms with van der Waals surface area (Å²) < 4.78 is 6.84. The summed E-state index contributed by atoms with van der Waals surface area (Å²) in [5.74, 6) is 1.28. The minimum absolute atomic E-state index is 0.177. The quantitative estimate of drug-likeness (QED) is 0.873. The first-order chi connectivity index (χ1) is 7.63. The molecule has 0 aliphatic carbocycles. The van der Waals surface area contributed by atoms with Gasteiger partial charge in [0, 0.05) is 17.2 Å². The number of likely N-dealkylation sites (N-methyl/N-ethyl adjacent to an activating group) is 1.